The van der Waals surface area contributed by atoms with Gasteiger partial charge in [-0.25, -0.2) is 0 Å². The van der Waals surface area contributed by atoms with E-state index in [1.54, 1.807) is 0 Å². The molecule has 0 aliphatic heterocycles. The minimum absolute atomic E-state index is 0.0688. The van der Waals surface area contributed by atoms with E-state index in [0.717, 1.165) is 25.7 Å². The third kappa shape index (κ3) is 3.72. The van der Waals surface area contributed by atoms with Gasteiger partial charge in [0.2, 0.25) is 5.91 Å². The van der Waals surface area contributed by atoms with E-state index >= 15 is 0 Å². The van der Waals surface area contributed by atoms with Crippen molar-refractivity contribution in [2.45, 2.75) is 71.1 Å². The molecule has 2 aliphatic carbocycles. The quantitative estimate of drug-likeness (QED) is 0.504. The van der Waals surface area contributed by atoms with Crippen LogP contribution >= 0.6 is 23.2 Å². The minimum atomic E-state index is -0.334. The summed E-state index contributed by atoms with van der Waals surface area (Å²) in [7, 11) is 0. The number of carbonyl (C=O) groups is 1. The first-order valence-electron chi connectivity index (χ1n) is 10.8. The molecule has 0 heterocycles. The average molecular weight is 424 g/mol. The molecule has 0 saturated heterocycles. The lowest BCUT2D eigenvalue weighted by Gasteiger charge is -2.55. The first-order valence-corrected chi connectivity index (χ1v) is 11.9. The lowest BCUT2D eigenvalue weighted by molar-refractivity contribution is -0.150. The predicted molar refractivity (Wildman–Crippen MR) is 120 cm³/mol. The van der Waals surface area contributed by atoms with Gasteiger partial charge in [-0.2, -0.15) is 0 Å². The Labute approximate surface area is 181 Å². The zero-order valence-corrected chi connectivity index (χ0v) is 19.4. The second-order valence-corrected chi connectivity index (χ2v) is 10.3. The molecule has 1 fully saturated rings. The molecule has 0 radical (unpaired) electrons. The summed E-state index contributed by atoms with van der Waals surface area (Å²) in [5, 5.41) is 0. The zero-order valence-electron chi connectivity index (χ0n) is 17.9. The Morgan fingerprint density at radius 2 is 1.86 bits per heavy atom. The summed E-state index contributed by atoms with van der Waals surface area (Å²) in [4.78, 5) is 15.6. The van der Waals surface area contributed by atoms with Gasteiger partial charge in [-0.1, -0.05) is 52.3 Å². The van der Waals surface area contributed by atoms with Crippen LogP contribution in [-0.2, 0) is 16.6 Å². The predicted octanol–water partition coefficient (Wildman–Crippen LogP) is 6.13. The maximum Gasteiger partial charge on any atom is 0.228 e. The molecule has 28 heavy (non-hydrogen) atoms. The van der Waals surface area contributed by atoms with Crippen LogP contribution in [0, 0.1) is 11.3 Å². The monoisotopic (exact) mass is 423 g/mol. The molecule has 3 atom stereocenters. The second-order valence-electron chi connectivity index (χ2n) is 9.52. The molecule has 1 aromatic rings. The SMILES string of the molecule is CC(C)c1ccc2c(c1)CCC1C(C)(C(=O)N(CCCl)CCCl)CCCC21C. The van der Waals surface area contributed by atoms with Crippen LogP contribution in [0.1, 0.15) is 76.0 Å². The van der Waals surface area contributed by atoms with E-state index in [2.05, 4.69) is 45.9 Å². The lowest BCUT2D eigenvalue weighted by Crippen LogP contribution is -2.56. The van der Waals surface area contributed by atoms with Gasteiger partial charge in [-0.15, -0.1) is 23.2 Å². The Kier molecular flexibility index (Phi) is 6.72. The fourth-order valence-electron chi connectivity index (χ4n) is 6.01. The van der Waals surface area contributed by atoms with Gasteiger partial charge in [0.25, 0.3) is 0 Å². The fraction of sp³-hybridized carbons (Fsp3) is 0.708. The summed E-state index contributed by atoms with van der Waals surface area (Å²) in [5.41, 5.74) is 4.14. The molecule has 1 saturated carbocycles. The molecule has 3 unspecified atom stereocenters. The average Bonchev–Trinajstić information content (AvgIpc) is 2.66. The van der Waals surface area contributed by atoms with E-state index in [4.69, 9.17) is 23.2 Å². The van der Waals surface area contributed by atoms with E-state index in [1.165, 1.54) is 23.1 Å². The smallest absolute Gasteiger partial charge is 0.228 e. The number of nitrogens with zero attached hydrogens (tertiary/aromatic N) is 1. The number of hydrogen-bond acceptors (Lipinski definition) is 1. The summed E-state index contributed by atoms with van der Waals surface area (Å²) >= 11 is 12.0. The van der Waals surface area contributed by atoms with E-state index < -0.39 is 0 Å². The van der Waals surface area contributed by atoms with Crippen LogP contribution < -0.4 is 0 Å². The van der Waals surface area contributed by atoms with Gasteiger partial charge in [0.05, 0.1) is 5.41 Å². The van der Waals surface area contributed by atoms with Crippen molar-refractivity contribution < 1.29 is 4.79 Å². The molecule has 4 heteroatoms. The molecule has 0 N–H and O–H groups in total. The van der Waals surface area contributed by atoms with Crippen LogP contribution in [-0.4, -0.2) is 35.7 Å². The van der Waals surface area contributed by atoms with E-state index in [0.29, 0.717) is 36.7 Å². The standard InChI is InChI=1S/C24H35Cl2NO/c1-17(2)18-6-8-20-19(16-18)7-9-21-23(20,3)10-5-11-24(21,4)22(28)27(14-12-25)15-13-26/h6,8,16-17,21H,5,7,9-15H2,1-4H3. The van der Waals surface area contributed by atoms with Crippen molar-refractivity contribution in [1.29, 1.82) is 0 Å². The highest BCUT2D eigenvalue weighted by atomic mass is 35.5. The topological polar surface area (TPSA) is 20.3 Å². The summed E-state index contributed by atoms with van der Waals surface area (Å²) in [6, 6.07) is 7.09. The number of carbonyl (C=O) groups excluding carboxylic acids is 1. The number of rotatable bonds is 6. The fourth-order valence-corrected chi connectivity index (χ4v) is 6.41. The Morgan fingerprint density at radius 1 is 1.18 bits per heavy atom. The Bertz CT molecular complexity index is 713. The summed E-state index contributed by atoms with van der Waals surface area (Å²) in [6.07, 6.45) is 5.38. The van der Waals surface area contributed by atoms with Crippen molar-refractivity contribution in [2.75, 3.05) is 24.8 Å². The van der Waals surface area contributed by atoms with Crippen molar-refractivity contribution in [1.82, 2.24) is 4.90 Å². The highest BCUT2D eigenvalue weighted by Gasteiger charge is 2.55. The normalized spacial score (nSPS) is 29.3. The first-order chi connectivity index (χ1) is 13.3. The molecule has 0 bridgehead atoms. The molecular formula is C24H35Cl2NO. The molecule has 0 aromatic heterocycles. The highest BCUT2D eigenvalue weighted by Crippen LogP contribution is 2.57. The van der Waals surface area contributed by atoms with Crippen molar-refractivity contribution in [2.24, 2.45) is 11.3 Å². The van der Waals surface area contributed by atoms with Crippen molar-refractivity contribution in [3.63, 3.8) is 0 Å². The number of benzene rings is 1. The maximum absolute atomic E-state index is 13.7. The number of hydrogen-bond donors (Lipinski definition) is 0. The third-order valence-corrected chi connectivity index (χ3v) is 7.87. The van der Waals surface area contributed by atoms with Crippen LogP contribution in [0.4, 0.5) is 0 Å². The van der Waals surface area contributed by atoms with Crippen LogP contribution in [0.3, 0.4) is 0 Å². The molecule has 0 spiro atoms. The highest BCUT2D eigenvalue weighted by molar-refractivity contribution is 6.18. The molecule has 1 amide bonds. The van der Waals surface area contributed by atoms with E-state index in [1.807, 2.05) is 4.90 Å². The van der Waals surface area contributed by atoms with Crippen LogP contribution in [0.15, 0.2) is 18.2 Å². The van der Waals surface area contributed by atoms with E-state index in [9.17, 15) is 4.79 Å². The van der Waals surface area contributed by atoms with Gasteiger partial charge in [0.1, 0.15) is 0 Å². The number of aryl methyl sites for hydroxylation is 1. The van der Waals surface area contributed by atoms with Gasteiger partial charge in [0, 0.05) is 24.8 Å². The van der Waals surface area contributed by atoms with Gasteiger partial charge >= 0.3 is 0 Å². The van der Waals surface area contributed by atoms with Gasteiger partial charge < -0.3 is 4.90 Å². The number of amides is 1. The van der Waals surface area contributed by atoms with Gasteiger partial charge in [0.15, 0.2) is 0 Å². The maximum atomic E-state index is 13.7. The minimum Gasteiger partial charge on any atom is -0.340 e. The summed E-state index contributed by atoms with van der Waals surface area (Å²) in [5.74, 6) is 2.09. The molecule has 2 nitrogen and oxygen atoms in total. The Morgan fingerprint density at radius 3 is 2.46 bits per heavy atom. The Balaban J connectivity index is 1.97. The number of halogens is 2. The number of fused-ring (bicyclic) bond motifs is 3. The molecule has 2 aliphatic rings. The molecular weight excluding hydrogens is 389 g/mol. The van der Waals surface area contributed by atoms with Crippen molar-refractivity contribution >= 4 is 29.1 Å². The van der Waals surface area contributed by atoms with Crippen LogP contribution in [0.25, 0.3) is 0 Å². The van der Waals surface area contributed by atoms with Crippen molar-refractivity contribution in [3.8, 4) is 0 Å². The van der Waals surface area contributed by atoms with Gasteiger partial charge in [-0.3, -0.25) is 4.79 Å². The molecule has 1 aromatic carbocycles. The summed E-state index contributed by atoms with van der Waals surface area (Å²) in [6.45, 7) is 10.3. The third-order valence-electron chi connectivity index (χ3n) is 7.53. The van der Waals surface area contributed by atoms with E-state index in [-0.39, 0.29) is 16.7 Å². The first kappa shape index (κ1) is 22.0. The van der Waals surface area contributed by atoms with Crippen LogP contribution in [0.2, 0.25) is 0 Å². The summed E-state index contributed by atoms with van der Waals surface area (Å²) < 4.78 is 0. The Hall–Kier alpha value is -0.730. The zero-order chi connectivity index (χ0) is 20.5. The van der Waals surface area contributed by atoms with Crippen molar-refractivity contribution in [3.05, 3.63) is 34.9 Å². The lowest BCUT2D eigenvalue weighted by atomic mass is 9.49. The largest absolute Gasteiger partial charge is 0.340 e. The second kappa shape index (κ2) is 8.56. The molecule has 156 valence electrons. The van der Waals surface area contributed by atoms with Gasteiger partial charge in [-0.05, 0) is 59.6 Å². The number of alkyl halides is 2. The van der Waals surface area contributed by atoms with Crippen LogP contribution in [0.5, 0.6) is 0 Å². The molecule has 3 rings (SSSR count).